The van der Waals surface area contributed by atoms with E-state index in [0.717, 1.165) is 38.7 Å². The number of rotatable bonds is 7. The van der Waals surface area contributed by atoms with E-state index < -0.39 is 9.84 Å². The fourth-order valence-electron chi connectivity index (χ4n) is 2.11. The van der Waals surface area contributed by atoms with Gasteiger partial charge in [-0.15, -0.1) is 24.0 Å². The summed E-state index contributed by atoms with van der Waals surface area (Å²) in [4.78, 5) is 6.46. The minimum Gasteiger partial charge on any atom is -0.381 e. The van der Waals surface area contributed by atoms with Gasteiger partial charge in [0.1, 0.15) is 0 Å². The monoisotopic (exact) mass is 433 g/mol. The van der Waals surface area contributed by atoms with E-state index in [1.807, 2.05) is 14.0 Å². The fourth-order valence-corrected chi connectivity index (χ4v) is 2.76. The molecule has 0 bridgehead atoms. The van der Waals surface area contributed by atoms with Crippen LogP contribution in [0.2, 0.25) is 0 Å². The van der Waals surface area contributed by atoms with E-state index >= 15 is 0 Å². The van der Waals surface area contributed by atoms with Crippen molar-refractivity contribution in [1.82, 2.24) is 10.2 Å². The maximum Gasteiger partial charge on any atom is 0.193 e. The molecule has 1 rings (SSSR count). The van der Waals surface area contributed by atoms with Gasteiger partial charge in [-0.2, -0.15) is 0 Å². The van der Waals surface area contributed by atoms with Crippen LogP contribution in [0.3, 0.4) is 0 Å². The number of nitrogens with one attached hydrogen (secondary N) is 1. The Hall–Kier alpha value is -0.0900. The van der Waals surface area contributed by atoms with Gasteiger partial charge in [-0.05, 0) is 13.3 Å². The van der Waals surface area contributed by atoms with E-state index in [-0.39, 0.29) is 35.5 Å². The van der Waals surface area contributed by atoms with Crippen molar-refractivity contribution in [3.8, 4) is 0 Å². The first-order chi connectivity index (χ1) is 9.48. The summed E-state index contributed by atoms with van der Waals surface area (Å²) in [6.07, 6.45) is 1.08. The normalized spacial score (nSPS) is 19.2. The number of aliphatic imine (C=N–C) groups is 1. The summed E-state index contributed by atoms with van der Waals surface area (Å²) in [6, 6.07) is 0. The van der Waals surface area contributed by atoms with Gasteiger partial charge in [0.05, 0.1) is 18.9 Å². The molecule has 1 N–H and O–H groups in total. The zero-order valence-electron chi connectivity index (χ0n) is 13.2. The highest BCUT2D eigenvalue weighted by Gasteiger charge is 2.19. The molecule has 21 heavy (non-hydrogen) atoms. The van der Waals surface area contributed by atoms with Crippen LogP contribution in [0.15, 0.2) is 4.99 Å². The Kier molecular flexibility index (Phi) is 10.6. The number of guanidine groups is 1. The molecule has 0 radical (unpaired) electrons. The summed E-state index contributed by atoms with van der Waals surface area (Å²) >= 11 is 0. The van der Waals surface area contributed by atoms with Gasteiger partial charge < -0.3 is 15.0 Å². The van der Waals surface area contributed by atoms with Gasteiger partial charge in [-0.1, -0.05) is 6.92 Å². The molecule has 1 fully saturated rings. The Morgan fingerprint density at radius 1 is 1.43 bits per heavy atom. The topological polar surface area (TPSA) is 71.0 Å². The minimum atomic E-state index is -2.95. The summed E-state index contributed by atoms with van der Waals surface area (Å²) in [5.74, 6) is 1.58. The molecule has 1 aliphatic rings. The van der Waals surface area contributed by atoms with Gasteiger partial charge in [0.2, 0.25) is 0 Å². The van der Waals surface area contributed by atoms with Crippen molar-refractivity contribution < 1.29 is 13.2 Å². The Balaban J connectivity index is 0.00000400. The van der Waals surface area contributed by atoms with Crippen LogP contribution in [0.25, 0.3) is 0 Å². The van der Waals surface area contributed by atoms with E-state index in [2.05, 4.69) is 15.2 Å². The van der Waals surface area contributed by atoms with Crippen LogP contribution < -0.4 is 5.32 Å². The van der Waals surface area contributed by atoms with Crippen molar-refractivity contribution in [3.05, 3.63) is 0 Å². The molecule has 126 valence electrons. The molecule has 1 atom stereocenters. The smallest absolute Gasteiger partial charge is 0.193 e. The molecule has 6 nitrogen and oxygen atoms in total. The molecule has 1 saturated heterocycles. The van der Waals surface area contributed by atoms with Gasteiger partial charge in [0, 0.05) is 38.4 Å². The Labute approximate surface area is 145 Å². The predicted octanol–water partition coefficient (Wildman–Crippen LogP) is 0.973. The van der Waals surface area contributed by atoms with E-state index in [0.29, 0.717) is 12.5 Å². The van der Waals surface area contributed by atoms with E-state index in [1.54, 1.807) is 6.92 Å². The average molecular weight is 433 g/mol. The zero-order valence-corrected chi connectivity index (χ0v) is 16.3. The van der Waals surface area contributed by atoms with Crippen LogP contribution in [0.4, 0.5) is 0 Å². The number of sulfone groups is 1. The number of halogens is 1. The lowest BCUT2D eigenvalue weighted by atomic mass is 10.1. The standard InChI is InChI=1S/C13H27N3O3S.HI/c1-4-14-13(15-7-9-20(17,18)5-2)16(3)10-12-6-8-19-11-12;/h12H,4-11H2,1-3H3,(H,14,15);1H. The summed E-state index contributed by atoms with van der Waals surface area (Å²) in [5, 5.41) is 3.20. The largest absolute Gasteiger partial charge is 0.381 e. The van der Waals surface area contributed by atoms with Gasteiger partial charge in [0.15, 0.2) is 15.8 Å². The quantitative estimate of drug-likeness (QED) is 0.368. The lowest BCUT2D eigenvalue weighted by Crippen LogP contribution is -2.41. The Morgan fingerprint density at radius 2 is 2.14 bits per heavy atom. The molecule has 1 aliphatic heterocycles. The molecular weight excluding hydrogens is 405 g/mol. The van der Waals surface area contributed by atoms with Crippen LogP contribution in [-0.4, -0.2) is 70.7 Å². The van der Waals surface area contributed by atoms with Crippen molar-refractivity contribution in [2.45, 2.75) is 20.3 Å². The summed E-state index contributed by atoms with van der Waals surface area (Å²) < 4.78 is 28.3. The first-order valence-corrected chi connectivity index (χ1v) is 9.08. The SMILES string of the molecule is CCNC(=NCCS(=O)(=O)CC)N(C)CC1CCOC1.I. The summed E-state index contributed by atoms with van der Waals surface area (Å²) in [5.41, 5.74) is 0. The van der Waals surface area contributed by atoms with E-state index in [1.165, 1.54) is 0 Å². The second-order valence-corrected chi connectivity index (χ2v) is 7.55. The highest BCUT2D eigenvalue weighted by Crippen LogP contribution is 2.13. The molecule has 0 aromatic rings. The maximum atomic E-state index is 11.5. The highest BCUT2D eigenvalue weighted by molar-refractivity contribution is 14.0. The maximum absolute atomic E-state index is 11.5. The Morgan fingerprint density at radius 3 is 2.67 bits per heavy atom. The van der Waals surface area contributed by atoms with E-state index in [4.69, 9.17) is 4.74 Å². The van der Waals surface area contributed by atoms with Crippen LogP contribution in [0.5, 0.6) is 0 Å². The highest BCUT2D eigenvalue weighted by atomic mass is 127. The van der Waals surface area contributed by atoms with Gasteiger partial charge in [0.25, 0.3) is 0 Å². The van der Waals surface area contributed by atoms with Crippen LogP contribution >= 0.6 is 24.0 Å². The van der Waals surface area contributed by atoms with Gasteiger partial charge >= 0.3 is 0 Å². The molecule has 0 saturated carbocycles. The van der Waals surface area contributed by atoms with Gasteiger partial charge in [-0.3, -0.25) is 4.99 Å². The van der Waals surface area contributed by atoms with Crippen molar-refractivity contribution in [3.63, 3.8) is 0 Å². The molecule has 0 amide bonds. The second-order valence-electron chi connectivity index (χ2n) is 5.08. The number of ether oxygens (including phenoxy) is 1. The number of hydrogen-bond donors (Lipinski definition) is 1. The van der Waals surface area contributed by atoms with Gasteiger partial charge in [-0.25, -0.2) is 8.42 Å². The first kappa shape index (κ1) is 20.9. The molecule has 1 heterocycles. The second kappa shape index (κ2) is 10.6. The van der Waals surface area contributed by atoms with Crippen LogP contribution in [0.1, 0.15) is 20.3 Å². The summed E-state index contributed by atoms with van der Waals surface area (Å²) in [6.45, 7) is 7.26. The van der Waals surface area contributed by atoms with Crippen molar-refractivity contribution in [2.24, 2.45) is 10.9 Å². The molecule has 8 heteroatoms. The predicted molar refractivity (Wildman–Crippen MR) is 97.3 cm³/mol. The van der Waals surface area contributed by atoms with Crippen molar-refractivity contribution >= 4 is 39.8 Å². The minimum absolute atomic E-state index is 0. The molecule has 0 spiro atoms. The molecule has 0 aromatic carbocycles. The number of hydrogen-bond acceptors (Lipinski definition) is 4. The lowest BCUT2D eigenvalue weighted by molar-refractivity contribution is 0.181. The Bertz CT molecular complexity index is 409. The number of nitrogens with zero attached hydrogens (tertiary/aromatic N) is 2. The molecule has 0 aliphatic carbocycles. The average Bonchev–Trinajstić information content (AvgIpc) is 2.90. The molecular formula is C13H28IN3O3S. The third kappa shape index (κ3) is 8.20. The summed E-state index contributed by atoms with van der Waals surface area (Å²) in [7, 11) is -0.971. The fraction of sp³-hybridized carbons (Fsp3) is 0.923. The lowest BCUT2D eigenvalue weighted by Gasteiger charge is -2.24. The van der Waals surface area contributed by atoms with Crippen LogP contribution in [0, 0.1) is 5.92 Å². The molecule has 0 aromatic heterocycles. The third-order valence-corrected chi connectivity index (χ3v) is 5.04. The zero-order chi connectivity index (χ0) is 15.0. The van der Waals surface area contributed by atoms with Crippen molar-refractivity contribution in [2.75, 3.05) is 51.4 Å². The van der Waals surface area contributed by atoms with Crippen LogP contribution in [-0.2, 0) is 14.6 Å². The van der Waals surface area contributed by atoms with E-state index in [9.17, 15) is 8.42 Å². The molecule has 1 unspecified atom stereocenters. The van der Waals surface area contributed by atoms with Crippen molar-refractivity contribution in [1.29, 1.82) is 0 Å². The third-order valence-electron chi connectivity index (χ3n) is 3.36. The first-order valence-electron chi connectivity index (χ1n) is 7.26.